The van der Waals surface area contributed by atoms with Crippen molar-refractivity contribution in [2.24, 2.45) is 5.73 Å². The van der Waals surface area contributed by atoms with Crippen LogP contribution in [0.2, 0.25) is 0 Å². The van der Waals surface area contributed by atoms with Crippen molar-refractivity contribution in [3.05, 3.63) is 0 Å². The fourth-order valence-corrected chi connectivity index (χ4v) is 1.11. The highest BCUT2D eigenvalue weighted by Crippen LogP contribution is 2.33. The lowest BCUT2D eigenvalue weighted by atomic mass is 10.8. The summed E-state index contributed by atoms with van der Waals surface area (Å²) in [6.45, 7) is 0. The van der Waals surface area contributed by atoms with Gasteiger partial charge in [0.1, 0.15) is 0 Å². The van der Waals surface area contributed by atoms with Gasteiger partial charge in [-0.3, -0.25) is 4.57 Å². The summed E-state index contributed by atoms with van der Waals surface area (Å²) in [5, 5.41) is 0. The smallest absolute Gasteiger partial charge is 0.332 e. The lowest BCUT2D eigenvalue weighted by Crippen LogP contribution is -2.12. The Hall–Kier alpha value is 0.0400. The van der Waals surface area contributed by atoms with E-state index < -0.39 is 13.8 Å². The van der Waals surface area contributed by atoms with Crippen LogP contribution in [0.15, 0.2) is 0 Å². The van der Waals surface area contributed by atoms with Gasteiger partial charge in [0, 0.05) is 0 Å². The van der Waals surface area contributed by atoms with Gasteiger partial charge < -0.3 is 15.5 Å². The van der Waals surface area contributed by atoms with Gasteiger partial charge in [0.2, 0.25) is 0 Å². The first-order chi connectivity index (χ1) is 3.42. The molecule has 6 heteroatoms. The minimum Gasteiger partial charge on any atom is -0.393 e. The number of rotatable bonds is 2. The third-order valence-corrected chi connectivity index (χ3v) is 1.47. The zero-order valence-electron chi connectivity index (χ0n) is 3.94. The van der Waals surface area contributed by atoms with Crippen LogP contribution in [0.25, 0.3) is 0 Å². The van der Waals surface area contributed by atoms with Crippen molar-refractivity contribution in [2.75, 3.05) is 6.16 Å². The molecule has 0 aliphatic rings. The number of hydrogen-bond donors (Lipinski definition) is 3. The van der Waals surface area contributed by atoms with E-state index in [1.54, 1.807) is 0 Å². The molecule has 0 aliphatic heterocycles. The normalized spacial score (nSPS) is 11.2. The molecule has 0 spiro atoms. The molecule has 48 valence electrons. The second-order valence-electron chi connectivity index (χ2n) is 1.29. The standard InChI is InChI=1S/C2H6NO3PS/c3-2(8)1-7(4,5)6/h1H2,(H2,3,8)(H2,4,5,6). The Bertz CT molecular complexity index is 140. The van der Waals surface area contributed by atoms with E-state index in [1.165, 1.54) is 0 Å². The van der Waals surface area contributed by atoms with Crippen molar-refractivity contribution >= 4 is 24.8 Å². The maximum absolute atomic E-state index is 9.97. The Kier molecular flexibility index (Phi) is 2.56. The monoisotopic (exact) mass is 155 g/mol. The fourth-order valence-electron chi connectivity index (χ4n) is 0.203. The van der Waals surface area contributed by atoms with Crippen LogP contribution in [0.4, 0.5) is 0 Å². The van der Waals surface area contributed by atoms with Crippen molar-refractivity contribution in [1.29, 1.82) is 0 Å². The molecule has 4 nitrogen and oxygen atoms in total. The number of thiocarbonyl (C=S) groups is 1. The molecule has 4 N–H and O–H groups in total. The number of nitrogens with two attached hydrogens (primary N) is 1. The Morgan fingerprint density at radius 2 is 2.12 bits per heavy atom. The van der Waals surface area contributed by atoms with E-state index >= 15 is 0 Å². The highest BCUT2D eigenvalue weighted by atomic mass is 32.1. The van der Waals surface area contributed by atoms with Gasteiger partial charge in [-0.05, 0) is 0 Å². The van der Waals surface area contributed by atoms with Crippen molar-refractivity contribution in [3.63, 3.8) is 0 Å². The highest BCUT2D eigenvalue weighted by molar-refractivity contribution is 7.81. The lowest BCUT2D eigenvalue weighted by Gasteiger charge is -1.98. The minimum absolute atomic E-state index is 0.154. The highest BCUT2D eigenvalue weighted by Gasteiger charge is 2.12. The fraction of sp³-hybridized carbons (Fsp3) is 0.500. The summed E-state index contributed by atoms with van der Waals surface area (Å²) in [6.07, 6.45) is -0.498. The summed E-state index contributed by atoms with van der Waals surface area (Å²) >= 11 is 4.23. The molecule has 0 amide bonds. The van der Waals surface area contributed by atoms with Crippen LogP contribution in [0, 0.1) is 0 Å². The molecular formula is C2H6NO3PS. The second-order valence-corrected chi connectivity index (χ2v) is 3.46. The minimum atomic E-state index is -3.99. The van der Waals surface area contributed by atoms with Gasteiger partial charge in [-0.15, -0.1) is 0 Å². The molecule has 0 aromatic carbocycles. The lowest BCUT2D eigenvalue weighted by molar-refractivity contribution is 0.378. The van der Waals surface area contributed by atoms with E-state index in [0.29, 0.717) is 0 Å². The average Bonchev–Trinajstić information content (AvgIpc) is 1.21. The molecule has 0 aromatic heterocycles. The van der Waals surface area contributed by atoms with E-state index in [9.17, 15) is 4.57 Å². The van der Waals surface area contributed by atoms with E-state index in [-0.39, 0.29) is 4.99 Å². The SMILES string of the molecule is NC(=S)CP(=O)(O)O. The predicted molar refractivity (Wildman–Crippen MR) is 33.7 cm³/mol. The van der Waals surface area contributed by atoms with Crippen LogP contribution < -0.4 is 5.73 Å². The van der Waals surface area contributed by atoms with E-state index in [0.717, 1.165) is 0 Å². The molecule has 0 saturated heterocycles. The Labute approximate surface area is 51.9 Å². The molecule has 0 saturated carbocycles. The van der Waals surface area contributed by atoms with Crippen LogP contribution in [0.1, 0.15) is 0 Å². The molecule has 0 fully saturated rings. The second kappa shape index (κ2) is 2.55. The third kappa shape index (κ3) is 6.04. The molecular weight excluding hydrogens is 149 g/mol. The van der Waals surface area contributed by atoms with E-state index in [4.69, 9.17) is 15.5 Å². The molecule has 8 heavy (non-hydrogen) atoms. The number of hydrogen-bond acceptors (Lipinski definition) is 2. The Balaban J connectivity index is 3.74. The first-order valence-corrected chi connectivity index (χ1v) is 3.95. The van der Waals surface area contributed by atoms with Gasteiger partial charge in [-0.2, -0.15) is 0 Å². The van der Waals surface area contributed by atoms with Crippen molar-refractivity contribution in [3.8, 4) is 0 Å². The summed E-state index contributed by atoms with van der Waals surface area (Å²) in [4.78, 5) is 16.1. The van der Waals surface area contributed by atoms with Crippen molar-refractivity contribution in [2.45, 2.75) is 0 Å². The Morgan fingerprint density at radius 1 is 1.75 bits per heavy atom. The quantitative estimate of drug-likeness (QED) is 0.368. The summed E-state index contributed by atoms with van der Waals surface area (Å²) in [5.41, 5.74) is 4.82. The summed E-state index contributed by atoms with van der Waals surface area (Å²) in [7, 11) is -3.99. The summed E-state index contributed by atoms with van der Waals surface area (Å²) in [6, 6.07) is 0. The van der Waals surface area contributed by atoms with Crippen LogP contribution >= 0.6 is 19.8 Å². The van der Waals surface area contributed by atoms with Gasteiger partial charge in [-0.25, -0.2) is 0 Å². The van der Waals surface area contributed by atoms with Crippen molar-refractivity contribution < 1.29 is 14.4 Å². The third-order valence-electron chi connectivity index (χ3n) is 0.362. The van der Waals surface area contributed by atoms with Gasteiger partial charge in [-0.1, -0.05) is 12.2 Å². The van der Waals surface area contributed by atoms with E-state index in [1.807, 2.05) is 0 Å². The maximum Gasteiger partial charge on any atom is 0.332 e. The van der Waals surface area contributed by atoms with Gasteiger partial charge in [0.05, 0.1) is 11.2 Å². The van der Waals surface area contributed by atoms with Crippen molar-refractivity contribution in [1.82, 2.24) is 0 Å². The predicted octanol–water partition coefficient (Wildman–Crippen LogP) is -0.550. The largest absolute Gasteiger partial charge is 0.393 e. The first kappa shape index (κ1) is 8.04. The summed E-state index contributed by atoms with van der Waals surface area (Å²) in [5.74, 6) is 0. The molecule has 0 aromatic rings. The van der Waals surface area contributed by atoms with Crippen LogP contribution in [-0.4, -0.2) is 20.9 Å². The van der Waals surface area contributed by atoms with Gasteiger partial charge in [0.15, 0.2) is 0 Å². The molecule has 0 atom stereocenters. The molecule has 0 heterocycles. The van der Waals surface area contributed by atoms with Crippen LogP contribution in [0.3, 0.4) is 0 Å². The Morgan fingerprint density at radius 3 is 2.12 bits per heavy atom. The van der Waals surface area contributed by atoms with Gasteiger partial charge >= 0.3 is 7.60 Å². The zero-order valence-corrected chi connectivity index (χ0v) is 5.65. The van der Waals surface area contributed by atoms with Crippen LogP contribution in [0.5, 0.6) is 0 Å². The molecule has 0 radical (unpaired) electrons. The average molecular weight is 155 g/mol. The molecule has 0 aliphatic carbocycles. The van der Waals surface area contributed by atoms with Crippen LogP contribution in [-0.2, 0) is 4.57 Å². The first-order valence-electron chi connectivity index (χ1n) is 1.75. The topological polar surface area (TPSA) is 83.6 Å². The molecule has 0 unspecified atom stereocenters. The maximum atomic E-state index is 9.97. The summed E-state index contributed by atoms with van der Waals surface area (Å²) < 4.78 is 9.97. The molecule has 0 rings (SSSR count). The molecule has 0 bridgehead atoms. The van der Waals surface area contributed by atoms with Gasteiger partial charge in [0.25, 0.3) is 0 Å². The van der Waals surface area contributed by atoms with E-state index in [2.05, 4.69) is 12.2 Å². The zero-order chi connectivity index (χ0) is 6.78.